The van der Waals surface area contributed by atoms with Crippen molar-refractivity contribution in [3.63, 3.8) is 0 Å². The third-order valence-corrected chi connectivity index (χ3v) is 4.02. The molecule has 0 unspecified atom stereocenters. The molecule has 0 aliphatic carbocycles. The summed E-state index contributed by atoms with van der Waals surface area (Å²) in [5.41, 5.74) is 3.76. The third kappa shape index (κ3) is 3.49. The molecule has 1 amide bonds. The Morgan fingerprint density at radius 3 is 2.40 bits per heavy atom. The van der Waals surface area contributed by atoms with Gasteiger partial charge in [-0.25, -0.2) is 0 Å². The summed E-state index contributed by atoms with van der Waals surface area (Å²) in [5, 5.41) is 3.02. The van der Waals surface area contributed by atoms with E-state index in [1.165, 1.54) is 0 Å². The highest BCUT2D eigenvalue weighted by Crippen LogP contribution is 2.24. The number of anilines is 1. The fraction of sp³-hybridized carbons (Fsp3) is 0.188. The number of nitrogens with one attached hydrogen (secondary N) is 1. The van der Waals surface area contributed by atoms with Gasteiger partial charge >= 0.3 is 0 Å². The number of amides is 1. The molecule has 0 atom stereocenters. The highest BCUT2D eigenvalue weighted by molar-refractivity contribution is 9.11. The summed E-state index contributed by atoms with van der Waals surface area (Å²) < 4.78 is 1.75. The van der Waals surface area contributed by atoms with Gasteiger partial charge in [0.1, 0.15) is 0 Å². The Balaban J connectivity index is 2.32. The predicted molar refractivity (Wildman–Crippen MR) is 90.4 cm³/mol. The van der Waals surface area contributed by atoms with Gasteiger partial charge in [0.2, 0.25) is 0 Å². The fourth-order valence-electron chi connectivity index (χ4n) is 2.07. The molecule has 2 nitrogen and oxygen atoms in total. The van der Waals surface area contributed by atoms with Crippen LogP contribution in [0.2, 0.25) is 0 Å². The molecule has 2 aromatic carbocycles. The Morgan fingerprint density at radius 2 is 1.80 bits per heavy atom. The van der Waals surface area contributed by atoms with E-state index in [4.69, 9.17) is 0 Å². The minimum Gasteiger partial charge on any atom is -0.321 e. The van der Waals surface area contributed by atoms with E-state index in [0.29, 0.717) is 5.56 Å². The lowest BCUT2D eigenvalue weighted by atomic mass is 10.1. The van der Waals surface area contributed by atoms with Gasteiger partial charge in [0.15, 0.2) is 0 Å². The summed E-state index contributed by atoms with van der Waals surface area (Å²) >= 11 is 6.80. The number of carbonyl (C=O) groups excluding carboxylic acids is 1. The number of carbonyl (C=O) groups is 1. The van der Waals surface area contributed by atoms with E-state index in [2.05, 4.69) is 44.1 Å². The molecule has 0 aromatic heterocycles. The first-order valence-corrected chi connectivity index (χ1v) is 7.95. The van der Waals surface area contributed by atoms with Crippen molar-refractivity contribution in [2.75, 3.05) is 5.32 Å². The van der Waals surface area contributed by atoms with Crippen LogP contribution in [0.3, 0.4) is 0 Å². The molecule has 0 bridgehead atoms. The van der Waals surface area contributed by atoms with Crippen LogP contribution in [-0.2, 0) is 6.42 Å². The summed E-state index contributed by atoms with van der Waals surface area (Å²) in [6.07, 6.45) is 0.888. The van der Waals surface area contributed by atoms with Crippen LogP contribution >= 0.6 is 31.9 Å². The van der Waals surface area contributed by atoms with Crippen molar-refractivity contribution in [1.29, 1.82) is 0 Å². The molecular formula is C16H15Br2NO. The highest BCUT2D eigenvalue weighted by atomic mass is 79.9. The fourth-order valence-corrected chi connectivity index (χ4v) is 3.37. The van der Waals surface area contributed by atoms with Gasteiger partial charge in [0.25, 0.3) is 5.91 Å². The second-order valence-electron chi connectivity index (χ2n) is 4.57. The van der Waals surface area contributed by atoms with Gasteiger partial charge in [-0.2, -0.15) is 0 Å². The van der Waals surface area contributed by atoms with Crippen LogP contribution in [0.5, 0.6) is 0 Å². The largest absolute Gasteiger partial charge is 0.321 e. The highest BCUT2D eigenvalue weighted by Gasteiger charge is 2.11. The number of aryl methyl sites for hydroxylation is 2. The normalized spacial score (nSPS) is 10.4. The van der Waals surface area contributed by atoms with Gasteiger partial charge in [-0.05, 0) is 42.7 Å². The Kier molecular flexibility index (Phi) is 5.00. The number of rotatable bonds is 3. The van der Waals surface area contributed by atoms with Crippen molar-refractivity contribution in [3.8, 4) is 0 Å². The van der Waals surface area contributed by atoms with Gasteiger partial charge in [0.05, 0.1) is 0 Å². The van der Waals surface area contributed by atoms with E-state index in [0.717, 1.165) is 32.2 Å². The molecule has 0 heterocycles. The first-order valence-electron chi connectivity index (χ1n) is 6.37. The second kappa shape index (κ2) is 6.55. The topological polar surface area (TPSA) is 29.1 Å². The standard InChI is InChI=1S/C16H15Br2NO/c1-3-11-6-4-5-10(2)15(11)19-16(20)12-7-13(17)9-14(18)8-12/h4-9H,3H2,1-2H3,(H,19,20). The molecule has 0 saturated heterocycles. The van der Waals surface area contributed by atoms with Crippen LogP contribution < -0.4 is 5.32 Å². The minimum atomic E-state index is -0.101. The van der Waals surface area contributed by atoms with Crippen molar-refractivity contribution < 1.29 is 4.79 Å². The lowest BCUT2D eigenvalue weighted by molar-refractivity contribution is 0.102. The van der Waals surface area contributed by atoms with Crippen molar-refractivity contribution in [2.24, 2.45) is 0 Å². The maximum Gasteiger partial charge on any atom is 0.255 e. The van der Waals surface area contributed by atoms with Gasteiger partial charge < -0.3 is 5.32 Å². The van der Waals surface area contributed by atoms with Gasteiger partial charge in [-0.3, -0.25) is 4.79 Å². The smallest absolute Gasteiger partial charge is 0.255 e. The molecule has 0 fully saturated rings. The predicted octanol–water partition coefficient (Wildman–Crippen LogP) is 5.33. The summed E-state index contributed by atoms with van der Waals surface area (Å²) in [5.74, 6) is -0.101. The lowest BCUT2D eigenvalue weighted by Crippen LogP contribution is -2.14. The molecule has 2 aromatic rings. The Morgan fingerprint density at radius 1 is 1.15 bits per heavy atom. The zero-order valence-electron chi connectivity index (χ0n) is 11.3. The molecule has 104 valence electrons. The number of hydrogen-bond donors (Lipinski definition) is 1. The van der Waals surface area contributed by atoms with E-state index in [1.54, 1.807) is 0 Å². The van der Waals surface area contributed by atoms with E-state index in [1.807, 2.05) is 43.3 Å². The van der Waals surface area contributed by atoms with E-state index in [-0.39, 0.29) is 5.91 Å². The maximum absolute atomic E-state index is 12.4. The molecule has 0 saturated carbocycles. The molecule has 0 spiro atoms. The van der Waals surface area contributed by atoms with Crippen molar-refractivity contribution in [2.45, 2.75) is 20.3 Å². The summed E-state index contributed by atoms with van der Waals surface area (Å²) in [6, 6.07) is 11.6. The molecule has 0 aliphatic rings. The number of benzene rings is 2. The Labute approximate surface area is 135 Å². The Hall–Kier alpha value is -1.13. The Bertz CT molecular complexity index is 633. The zero-order valence-corrected chi connectivity index (χ0v) is 14.5. The number of para-hydroxylation sites is 1. The van der Waals surface area contributed by atoms with Gasteiger partial charge in [0, 0.05) is 20.2 Å². The van der Waals surface area contributed by atoms with Gasteiger partial charge in [-0.15, -0.1) is 0 Å². The second-order valence-corrected chi connectivity index (χ2v) is 6.41. The molecular weight excluding hydrogens is 382 g/mol. The van der Waals surface area contributed by atoms with Crippen LogP contribution in [0.4, 0.5) is 5.69 Å². The monoisotopic (exact) mass is 395 g/mol. The first kappa shape index (κ1) is 15.3. The number of halogens is 2. The molecule has 4 heteroatoms. The summed E-state index contributed by atoms with van der Waals surface area (Å²) in [7, 11) is 0. The van der Waals surface area contributed by atoms with E-state index < -0.39 is 0 Å². The van der Waals surface area contributed by atoms with Gasteiger partial charge in [-0.1, -0.05) is 57.0 Å². The van der Waals surface area contributed by atoms with Crippen molar-refractivity contribution in [3.05, 3.63) is 62.0 Å². The van der Waals surface area contributed by atoms with Crippen LogP contribution in [0.1, 0.15) is 28.4 Å². The lowest BCUT2D eigenvalue weighted by Gasteiger charge is -2.13. The van der Waals surface area contributed by atoms with Crippen molar-refractivity contribution >= 4 is 43.5 Å². The quantitative estimate of drug-likeness (QED) is 0.745. The molecule has 1 N–H and O–H groups in total. The molecule has 2 rings (SSSR count). The van der Waals surface area contributed by atoms with Crippen LogP contribution in [0, 0.1) is 6.92 Å². The first-order chi connectivity index (χ1) is 9.51. The van der Waals surface area contributed by atoms with E-state index >= 15 is 0 Å². The molecule has 0 aliphatic heterocycles. The summed E-state index contributed by atoms with van der Waals surface area (Å²) in [4.78, 5) is 12.4. The van der Waals surface area contributed by atoms with Crippen molar-refractivity contribution in [1.82, 2.24) is 0 Å². The zero-order chi connectivity index (χ0) is 14.7. The SMILES string of the molecule is CCc1cccc(C)c1NC(=O)c1cc(Br)cc(Br)c1. The average molecular weight is 397 g/mol. The molecule has 0 radical (unpaired) electrons. The maximum atomic E-state index is 12.4. The summed E-state index contributed by atoms with van der Waals surface area (Å²) in [6.45, 7) is 4.09. The molecule has 20 heavy (non-hydrogen) atoms. The van der Waals surface area contributed by atoms with E-state index in [9.17, 15) is 4.79 Å². The van der Waals surface area contributed by atoms with Crippen LogP contribution in [0.25, 0.3) is 0 Å². The number of hydrogen-bond acceptors (Lipinski definition) is 1. The minimum absolute atomic E-state index is 0.101. The average Bonchev–Trinajstić information content (AvgIpc) is 2.39. The van der Waals surface area contributed by atoms with Crippen LogP contribution in [0.15, 0.2) is 45.3 Å². The van der Waals surface area contributed by atoms with Crippen LogP contribution in [-0.4, -0.2) is 5.91 Å². The third-order valence-electron chi connectivity index (χ3n) is 3.10.